The molecule has 0 aromatic rings. The Hall–Kier alpha value is -0.750. The molecular formula is C14H24N2O3S. The molecule has 2 aliphatic rings. The molecule has 2 rings (SSSR count). The first-order valence-electron chi connectivity index (χ1n) is 7.53. The van der Waals surface area contributed by atoms with E-state index in [1.54, 1.807) is 0 Å². The number of amides is 2. The third-order valence-corrected chi connectivity index (χ3v) is 5.70. The highest BCUT2D eigenvalue weighted by atomic mass is 32.2. The Bertz CT molecular complexity index is 399. The summed E-state index contributed by atoms with van der Waals surface area (Å²) in [5.41, 5.74) is 0. The Kier molecular flexibility index (Phi) is 5.32. The van der Waals surface area contributed by atoms with E-state index in [1.165, 1.54) is 4.90 Å². The lowest BCUT2D eigenvalue weighted by Gasteiger charge is -2.27. The van der Waals surface area contributed by atoms with Gasteiger partial charge in [-0.15, -0.1) is 0 Å². The van der Waals surface area contributed by atoms with Crippen LogP contribution in [-0.4, -0.2) is 50.6 Å². The summed E-state index contributed by atoms with van der Waals surface area (Å²) in [5, 5.41) is 3.31. The molecule has 114 valence electrons. The molecule has 5 nitrogen and oxygen atoms in total. The third-order valence-electron chi connectivity index (χ3n) is 4.32. The lowest BCUT2D eigenvalue weighted by Crippen LogP contribution is -2.47. The largest absolute Gasteiger partial charge is 0.303 e. The summed E-state index contributed by atoms with van der Waals surface area (Å²) in [5.74, 6) is 1.27. The van der Waals surface area contributed by atoms with E-state index in [4.69, 9.17) is 0 Å². The van der Waals surface area contributed by atoms with Gasteiger partial charge in [-0.3, -0.25) is 18.7 Å². The number of carbonyl (C=O) groups excluding carboxylic acids is 2. The lowest BCUT2D eigenvalue weighted by molar-refractivity contribution is -0.141. The maximum atomic E-state index is 12.4. The van der Waals surface area contributed by atoms with E-state index < -0.39 is 10.8 Å². The molecule has 2 heterocycles. The Morgan fingerprint density at radius 2 is 1.85 bits per heavy atom. The quantitative estimate of drug-likeness (QED) is 0.763. The standard InChI is InChI=1S/C14H24N2O3S/c1-3-11(4-2)16-13(17)9-12(14(16)18)15-10-5-7-20(19)8-6-10/h10-12,15H,3-9H2,1-2H3. The predicted octanol–water partition coefficient (Wildman–Crippen LogP) is 0.803. The highest BCUT2D eigenvalue weighted by Gasteiger charge is 2.42. The SMILES string of the molecule is CCC(CC)N1C(=O)CC(NC2CCS(=O)CC2)C1=O. The van der Waals surface area contributed by atoms with Gasteiger partial charge >= 0.3 is 0 Å². The highest BCUT2D eigenvalue weighted by Crippen LogP contribution is 2.21. The van der Waals surface area contributed by atoms with Gasteiger partial charge in [0.25, 0.3) is 0 Å². The zero-order chi connectivity index (χ0) is 14.7. The average Bonchev–Trinajstić information content (AvgIpc) is 2.71. The number of nitrogens with zero attached hydrogens (tertiary/aromatic N) is 1. The minimum Gasteiger partial charge on any atom is -0.303 e. The van der Waals surface area contributed by atoms with E-state index in [0.29, 0.717) is 11.5 Å². The van der Waals surface area contributed by atoms with Gasteiger partial charge in [0, 0.05) is 34.4 Å². The van der Waals surface area contributed by atoms with Crippen molar-refractivity contribution in [2.45, 2.75) is 64.1 Å². The van der Waals surface area contributed by atoms with Crippen molar-refractivity contribution >= 4 is 22.6 Å². The van der Waals surface area contributed by atoms with Crippen LogP contribution in [0, 0.1) is 0 Å². The van der Waals surface area contributed by atoms with Gasteiger partial charge in [-0.2, -0.15) is 0 Å². The fourth-order valence-electron chi connectivity index (χ4n) is 3.06. The molecule has 0 aromatic heterocycles. The Balaban J connectivity index is 1.95. The van der Waals surface area contributed by atoms with Crippen molar-refractivity contribution in [3.05, 3.63) is 0 Å². The molecule has 0 bridgehead atoms. The van der Waals surface area contributed by atoms with E-state index >= 15 is 0 Å². The molecule has 0 aliphatic carbocycles. The average molecular weight is 300 g/mol. The summed E-state index contributed by atoms with van der Waals surface area (Å²) in [4.78, 5) is 25.9. The van der Waals surface area contributed by atoms with Crippen LogP contribution in [0.2, 0.25) is 0 Å². The highest BCUT2D eigenvalue weighted by molar-refractivity contribution is 7.85. The molecule has 0 spiro atoms. The van der Waals surface area contributed by atoms with E-state index in [-0.39, 0.29) is 36.4 Å². The van der Waals surface area contributed by atoms with E-state index in [1.807, 2.05) is 13.8 Å². The number of carbonyl (C=O) groups is 2. The van der Waals surface area contributed by atoms with Gasteiger partial charge < -0.3 is 5.32 Å². The molecule has 2 amide bonds. The van der Waals surface area contributed by atoms with Crippen molar-refractivity contribution in [1.29, 1.82) is 0 Å². The summed E-state index contributed by atoms with van der Waals surface area (Å²) >= 11 is 0. The number of rotatable bonds is 5. The molecule has 6 heteroatoms. The van der Waals surface area contributed by atoms with Gasteiger partial charge in [0.2, 0.25) is 11.8 Å². The van der Waals surface area contributed by atoms with Crippen molar-refractivity contribution in [2.24, 2.45) is 0 Å². The van der Waals surface area contributed by atoms with Gasteiger partial charge in [-0.05, 0) is 25.7 Å². The zero-order valence-electron chi connectivity index (χ0n) is 12.3. The van der Waals surface area contributed by atoms with Crippen molar-refractivity contribution in [3.8, 4) is 0 Å². The zero-order valence-corrected chi connectivity index (χ0v) is 13.1. The van der Waals surface area contributed by atoms with Crippen LogP contribution < -0.4 is 5.32 Å². The first-order valence-corrected chi connectivity index (χ1v) is 9.02. The van der Waals surface area contributed by atoms with Crippen LogP contribution in [0.3, 0.4) is 0 Å². The van der Waals surface area contributed by atoms with Gasteiger partial charge in [0.1, 0.15) is 0 Å². The summed E-state index contributed by atoms with van der Waals surface area (Å²) < 4.78 is 11.3. The molecule has 0 aromatic carbocycles. The second-order valence-electron chi connectivity index (χ2n) is 5.62. The molecule has 1 unspecified atom stereocenters. The van der Waals surface area contributed by atoms with Crippen LogP contribution in [0.5, 0.6) is 0 Å². The van der Waals surface area contributed by atoms with Crippen molar-refractivity contribution in [3.63, 3.8) is 0 Å². The maximum Gasteiger partial charge on any atom is 0.247 e. The molecule has 2 fully saturated rings. The minimum absolute atomic E-state index is 0.0284. The molecule has 2 aliphatic heterocycles. The van der Waals surface area contributed by atoms with Crippen molar-refractivity contribution < 1.29 is 13.8 Å². The first kappa shape index (κ1) is 15.6. The van der Waals surface area contributed by atoms with Crippen LogP contribution in [0.15, 0.2) is 0 Å². The lowest BCUT2D eigenvalue weighted by atomic mass is 10.1. The number of likely N-dealkylation sites (tertiary alicyclic amines) is 1. The second kappa shape index (κ2) is 6.80. The molecule has 2 saturated heterocycles. The number of imide groups is 1. The summed E-state index contributed by atoms with van der Waals surface area (Å²) in [6, 6.07) is -0.128. The van der Waals surface area contributed by atoms with E-state index in [9.17, 15) is 13.8 Å². The Morgan fingerprint density at radius 3 is 2.40 bits per heavy atom. The van der Waals surface area contributed by atoms with Crippen LogP contribution in [0.1, 0.15) is 46.0 Å². The molecule has 0 radical (unpaired) electrons. The van der Waals surface area contributed by atoms with Gasteiger partial charge in [-0.1, -0.05) is 13.8 Å². The van der Waals surface area contributed by atoms with Crippen LogP contribution in [-0.2, 0) is 20.4 Å². The Labute approximate surface area is 122 Å². The minimum atomic E-state index is -0.699. The smallest absolute Gasteiger partial charge is 0.247 e. The van der Waals surface area contributed by atoms with E-state index in [2.05, 4.69) is 5.32 Å². The third kappa shape index (κ3) is 3.28. The molecule has 1 atom stereocenters. The van der Waals surface area contributed by atoms with Crippen molar-refractivity contribution in [1.82, 2.24) is 10.2 Å². The van der Waals surface area contributed by atoms with Crippen LogP contribution >= 0.6 is 0 Å². The van der Waals surface area contributed by atoms with Crippen LogP contribution in [0.4, 0.5) is 0 Å². The van der Waals surface area contributed by atoms with Crippen molar-refractivity contribution in [2.75, 3.05) is 11.5 Å². The molecule has 20 heavy (non-hydrogen) atoms. The first-order chi connectivity index (χ1) is 9.56. The van der Waals surface area contributed by atoms with Gasteiger partial charge in [0.05, 0.1) is 12.5 Å². The normalized spacial score (nSPS) is 31.4. The summed E-state index contributed by atoms with van der Waals surface area (Å²) in [6.45, 7) is 4.01. The number of nitrogens with one attached hydrogen (secondary N) is 1. The monoisotopic (exact) mass is 300 g/mol. The topological polar surface area (TPSA) is 66.5 Å². The maximum absolute atomic E-state index is 12.4. The second-order valence-corrected chi connectivity index (χ2v) is 7.31. The molecule has 0 saturated carbocycles. The predicted molar refractivity (Wildman–Crippen MR) is 78.7 cm³/mol. The van der Waals surface area contributed by atoms with Gasteiger partial charge in [-0.25, -0.2) is 0 Å². The van der Waals surface area contributed by atoms with E-state index in [0.717, 1.165) is 25.7 Å². The molecular weight excluding hydrogens is 276 g/mol. The fourth-order valence-corrected chi connectivity index (χ4v) is 4.36. The summed E-state index contributed by atoms with van der Waals surface area (Å²) in [6.07, 6.45) is 3.55. The summed E-state index contributed by atoms with van der Waals surface area (Å²) in [7, 11) is -0.699. The Morgan fingerprint density at radius 1 is 1.25 bits per heavy atom. The van der Waals surface area contributed by atoms with Crippen LogP contribution in [0.25, 0.3) is 0 Å². The fraction of sp³-hybridized carbons (Fsp3) is 0.857. The number of hydrogen-bond donors (Lipinski definition) is 1. The van der Waals surface area contributed by atoms with Gasteiger partial charge in [0.15, 0.2) is 0 Å². The number of hydrogen-bond acceptors (Lipinski definition) is 4. The molecule has 1 N–H and O–H groups in total.